The summed E-state index contributed by atoms with van der Waals surface area (Å²) in [5, 5.41) is 0.421. The Morgan fingerprint density at radius 2 is 1.97 bits per heavy atom. The van der Waals surface area contributed by atoms with Crippen molar-refractivity contribution in [3.05, 3.63) is 57.6 Å². The zero-order chi connectivity index (χ0) is 25.6. The first-order valence-electron chi connectivity index (χ1n) is 11.6. The number of carbonyl (C=O) groups excluding carboxylic acids is 1. The van der Waals surface area contributed by atoms with E-state index in [4.69, 9.17) is 21.1 Å². The van der Waals surface area contributed by atoms with Crippen molar-refractivity contribution in [2.24, 2.45) is 0 Å². The number of Topliss-reactive ketones (excluding diaryl/α,β-unsaturated/α-hetero) is 1. The van der Waals surface area contributed by atoms with Crippen LogP contribution >= 0.6 is 11.6 Å². The molecular formula is C26H31ClN4O4. The Bertz CT molecular complexity index is 1220. The molecule has 9 heteroatoms. The quantitative estimate of drug-likeness (QED) is 0.394. The number of hydrogen-bond donors (Lipinski definition) is 1. The molecule has 0 saturated heterocycles. The minimum absolute atomic E-state index is 0.00163. The number of aromatic nitrogens is 4. The number of nitrogens with one attached hydrogen (secondary N) is 1. The van der Waals surface area contributed by atoms with Gasteiger partial charge in [0.1, 0.15) is 11.4 Å². The van der Waals surface area contributed by atoms with Gasteiger partial charge < -0.3 is 9.47 Å². The van der Waals surface area contributed by atoms with Crippen molar-refractivity contribution in [3.8, 4) is 28.7 Å². The molecule has 0 spiro atoms. The highest BCUT2D eigenvalue weighted by Gasteiger charge is 2.26. The molecule has 8 nitrogen and oxygen atoms in total. The van der Waals surface area contributed by atoms with Crippen molar-refractivity contribution in [3.63, 3.8) is 0 Å². The average molecular weight is 499 g/mol. The predicted molar refractivity (Wildman–Crippen MR) is 136 cm³/mol. The van der Waals surface area contributed by atoms with Gasteiger partial charge in [-0.3, -0.25) is 9.78 Å². The number of halogens is 1. The van der Waals surface area contributed by atoms with Gasteiger partial charge in [0, 0.05) is 36.9 Å². The fourth-order valence-corrected chi connectivity index (χ4v) is 3.68. The number of aryl methyl sites for hydroxylation is 1. The fraction of sp³-hybridized carbons (Fsp3) is 0.423. The largest absolute Gasteiger partial charge is 0.475 e. The normalized spacial score (nSPS) is 12.4. The predicted octanol–water partition coefficient (Wildman–Crippen LogP) is 5.04. The van der Waals surface area contributed by atoms with Crippen molar-refractivity contribution in [1.82, 2.24) is 19.9 Å². The highest BCUT2D eigenvalue weighted by atomic mass is 35.5. The van der Waals surface area contributed by atoms with Crippen LogP contribution < -0.4 is 10.4 Å². The van der Waals surface area contributed by atoms with Gasteiger partial charge in [0.15, 0.2) is 11.6 Å². The number of methoxy groups -OCH3 is 1. The molecular weight excluding hydrogens is 468 g/mol. The first-order valence-corrected chi connectivity index (χ1v) is 12.0. The van der Waals surface area contributed by atoms with Crippen LogP contribution in [0.25, 0.3) is 22.8 Å². The SMILES string of the molecule is CCC[C@@H](C)Oc1ccc(-c2nc(-c3cc(CCC(=O)C(C)(C)OC)ccc3Cl)[nH]c(=O)n2)cn1. The lowest BCUT2D eigenvalue weighted by atomic mass is 9.96. The molecule has 0 aliphatic rings. The Balaban J connectivity index is 1.85. The Kier molecular flexibility index (Phi) is 8.75. The molecule has 0 radical (unpaired) electrons. The lowest BCUT2D eigenvalue weighted by Crippen LogP contribution is -2.33. The number of nitrogens with zero attached hydrogens (tertiary/aromatic N) is 3. The summed E-state index contributed by atoms with van der Waals surface area (Å²) in [5.74, 6) is 1.01. The number of hydrogen-bond acceptors (Lipinski definition) is 7. The Labute approximate surface area is 210 Å². The maximum absolute atomic E-state index is 12.4. The van der Waals surface area contributed by atoms with E-state index in [-0.39, 0.29) is 23.5 Å². The molecule has 0 aliphatic carbocycles. The van der Waals surface area contributed by atoms with Gasteiger partial charge in [-0.1, -0.05) is 31.0 Å². The number of carbonyl (C=O) groups is 1. The van der Waals surface area contributed by atoms with E-state index in [0.717, 1.165) is 18.4 Å². The number of ketones is 1. The van der Waals surface area contributed by atoms with Gasteiger partial charge in [-0.15, -0.1) is 0 Å². The van der Waals surface area contributed by atoms with Gasteiger partial charge in [-0.05, 0) is 57.4 Å². The van der Waals surface area contributed by atoms with E-state index in [1.165, 1.54) is 7.11 Å². The van der Waals surface area contributed by atoms with E-state index < -0.39 is 11.3 Å². The van der Waals surface area contributed by atoms with Gasteiger partial charge in [0.2, 0.25) is 5.88 Å². The summed E-state index contributed by atoms with van der Waals surface area (Å²) in [6.07, 6.45) is 4.40. The monoisotopic (exact) mass is 498 g/mol. The third-order valence-electron chi connectivity index (χ3n) is 5.77. The lowest BCUT2D eigenvalue weighted by Gasteiger charge is -2.21. The first kappa shape index (κ1) is 26.5. The molecule has 0 unspecified atom stereocenters. The molecule has 2 heterocycles. The van der Waals surface area contributed by atoms with Crippen LogP contribution in [-0.2, 0) is 16.0 Å². The van der Waals surface area contributed by atoms with Crippen LogP contribution in [0.4, 0.5) is 0 Å². The second-order valence-corrected chi connectivity index (χ2v) is 9.29. The van der Waals surface area contributed by atoms with E-state index in [1.807, 2.05) is 19.1 Å². The molecule has 0 amide bonds. The zero-order valence-electron chi connectivity index (χ0n) is 20.7. The van der Waals surface area contributed by atoms with Crippen LogP contribution in [0.2, 0.25) is 5.02 Å². The van der Waals surface area contributed by atoms with E-state index in [0.29, 0.717) is 34.9 Å². The molecule has 1 atom stereocenters. The molecule has 186 valence electrons. The maximum atomic E-state index is 12.4. The highest BCUT2D eigenvalue weighted by molar-refractivity contribution is 6.33. The second-order valence-electron chi connectivity index (χ2n) is 8.88. The number of benzene rings is 1. The smallest absolute Gasteiger partial charge is 0.348 e. The van der Waals surface area contributed by atoms with Gasteiger partial charge in [0.25, 0.3) is 0 Å². The number of aromatic amines is 1. The summed E-state index contributed by atoms with van der Waals surface area (Å²) in [6, 6.07) is 8.89. The molecule has 3 rings (SSSR count). The third-order valence-corrected chi connectivity index (χ3v) is 6.10. The summed E-state index contributed by atoms with van der Waals surface area (Å²) >= 11 is 6.44. The molecule has 2 aromatic heterocycles. The average Bonchev–Trinajstić information content (AvgIpc) is 2.83. The molecule has 35 heavy (non-hydrogen) atoms. The van der Waals surface area contributed by atoms with Crippen molar-refractivity contribution >= 4 is 17.4 Å². The summed E-state index contributed by atoms with van der Waals surface area (Å²) in [5.41, 5.74) is 0.609. The second kappa shape index (κ2) is 11.6. The molecule has 0 fully saturated rings. The lowest BCUT2D eigenvalue weighted by molar-refractivity contribution is -0.137. The van der Waals surface area contributed by atoms with E-state index in [1.54, 1.807) is 38.2 Å². The summed E-state index contributed by atoms with van der Waals surface area (Å²) < 4.78 is 11.1. The van der Waals surface area contributed by atoms with Crippen LogP contribution in [0.3, 0.4) is 0 Å². The summed E-state index contributed by atoms with van der Waals surface area (Å²) in [7, 11) is 1.52. The molecule has 1 N–H and O–H groups in total. The van der Waals surface area contributed by atoms with Crippen molar-refractivity contribution < 1.29 is 14.3 Å². The van der Waals surface area contributed by atoms with Crippen LogP contribution in [0, 0.1) is 0 Å². The van der Waals surface area contributed by atoms with Crippen molar-refractivity contribution in [2.75, 3.05) is 7.11 Å². The Morgan fingerprint density at radius 3 is 2.63 bits per heavy atom. The Hall–Kier alpha value is -3.10. The van der Waals surface area contributed by atoms with Gasteiger partial charge in [-0.2, -0.15) is 4.98 Å². The van der Waals surface area contributed by atoms with Crippen LogP contribution in [0.1, 0.15) is 52.5 Å². The van der Waals surface area contributed by atoms with Gasteiger partial charge >= 0.3 is 5.69 Å². The minimum Gasteiger partial charge on any atom is -0.475 e. The number of H-pyrrole nitrogens is 1. The van der Waals surface area contributed by atoms with E-state index in [2.05, 4.69) is 26.9 Å². The van der Waals surface area contributed by atoms with Crippen LogP contribution in [0.15, 0.2) is 41.3 Å². The standard InChI is InChI=1S/C26H31ClN4O4/c1-6-7-16(2)35-22-13-10-18(15-28-22)23-29-24(31-25(33)30-23)19-14-17(8-11-20(19)27)9-12-21(32)26(3,4)34-5/h8,10-11,13-16H,6-7,9,12H2,1-5H3,(H,29,30,31,33)/t16-/m1/s1. The number of pyridine rings is 1. The fourth-order valence-electron chi connectivity index (χ4n) is 3.48. The van der Waals surface area contributed by atoms with E-state index >= 15 is 0 Å². The zero-order valence-corrected chi connectivity index (χ0v) is 21.5. The minimum atomic E-state index is -0.843. The van der Waals surface area contributed by atoms with E-state index in [9.17, 15) is 9.59 Å². The Morgan fingerprint density at radius 1 is 1.20 bits per heavy atom. The first-order chi connectivity index (χ1) is 16.6. The number of ether oxygens (including phenoxy) is 2. The highest BCUT2D eigenvalue weighted by Crippen LogP contribution is 2.28. The maximum Gasteiger partial charge on any atom is 0.348 e. The molecule has 0 saturated carbocycles. The van der Waals surface area contributed by atoms with Crippen LogP contribution in [0.5, 0.6) is 5.88 Å². The van der Waals surface area contributed by atoms with Gasteiger partial charge in [0.05, 0.1) is 11.1 Å². The van der Waals surface area contributed by atoms with Crippen molar-refractivity contribution in [1.29, 1.82) is 0 Å². The van der Waals surface area contributed by atoms with Crippen LogP contribution in [-0.4, -0.2) is 44.5 Å². The topological polar surface area (TPSA) is 107 Å². The molecule has 1 aromatic carbocycles. The van der Waals surface area contributed by atoms with Crippen molar-refractivity contribution in [2.45, 2.75) is 65.1 Å². The summed E-state index contributed by atoms with van der Waals surface area (Å²) in [6.45, 7) is 7.59. The molecule has 3 aromatic rings. The summed E-state index contributed by atoms with van der Waals surface area (Å²) in [4.78, 5) is 40.3. The number of rotatable bonds is 11. The van der Waals surface area contributed by atoms with Gasteiger partial charge in [-0.25, -0.2) is 14.8 Å². The molecule has 0 aliphatic heterocycles. The molecule has 0 bridgehead atoms. The third kappa shape index (κ3) is 6.96.